The summed E-state index contributed by atoms with van der Waals surface area (Å²) < 4.78 is 34.9. The number of ether oxygens (including phenoxy) is 1. The van der Waals surface area contributed by atoms with Crippen molar-refractivity contribution < 1.29 is 35.2 Å². The number of rotatable bonds is 11. The molecule has 0 aromatic heterocycles. The summed E-state index contributed by atoms with van der Waals surface area (Å²) >= 11 is 0. The van der Waals surface area contributed by atoms with E-state index < -0.39 is 27.3 Å². The zero-order valence-corrected chi connectivity index (χ0v) is 29.1. The topological polar surface area (TPSA) is 78.9 Å². The number of unbranched alkanes of at least 4 members (excludes halogenated alkanes) is 1. The number of nitrogens with one attached hydrogen (secondary N) is 1. The summed E-state index contributed by atoms with van der Waals surface area (Å²) in [7, 11) is -1.72. The van der Waals surface area contributed by atoms with E-state index in [9.17, 15) is 13.5 Å². The normalized spacial score (nSPS) is 28.1. The van der Waals surface area contributed by atoms with Gasteiger partial charge in [0.25, 0.3) is 0 Å². The van der Waals surface area contributed by atoms with E-state index in [0.717, 1.165) is 41.8 Å². The minimum atomic E-state index is -3.59. The third-order valence-corrected chi connectivity index (χ3v) is 12.7. The Morgan fingerprint density at radius 3 is 2.22 bits per heavy atom. The Morgan fingerprint density at radius 2 is 1.59 bits per heavy atom. The van der Waals surface area contributed by atoms with Crippen LogP contribution in [-0.4, -0.2) is 81.1 Å². The van der Waals surface area contributed by atoms with Crippen LogP contribution in [0.2, 0.25) is 0 Å². The van der Waals surface area contributed by atoms with Gasteiger partial charge in [0.2, 0.25) is 0 Å². The summed E-state index contributed by atoms with van der Waals surface area (Å²) in [5.41, 5.74) is 4.33. The molecule has 3 atom stereocenters. The van der Waals surface area contributed by atoms with Gasteiger partial charge in [-0.3, -0.25) is 4.90 Å². The first-order valence-electron chi connectivity index (χ1n) is 16.7. The van der Waals surface area contributed by atoms with Crippen molar-refractivity contribution in [1.29, 1.82) is 0 Å². The molecule has 3 saturated heterocycles. The molecular formula is C37H50ClN3O4S. The molecule has 0 aliphatic carbocycles. The van der Waals surface area contributed by atoms with Crippen molar-refractivity contribution in [3.05, 3.63) is 94.5 Å². The number of hydrogen-bond donors (Lipinski definition) is 2. The molecule has 3 aromatic carbocycles. The Bertz CT molecular complexity index is 1560. The Balaban J connectivity index is 0.00000417. The second-order valence-electron chi connectivity index (χ2n) is 14.0. The Kier molecular flexibility index (Phi) is 10.9. The summed E-state index contributed by atoms with van der Waals surface area (Å²) in [6, 6.07) is 22.3. The molecule has 4 aliphatic heterocycles. The van der Waals surface area contributed by atoms with E-state index in [1.165, 1.54) is 49.3 Å². The van der Waals surface area contributed by atoms with Gasteiger partial charge in [-0.05, 0) is 53.9 Å². The van der Waals surface area contributed by atoms with Crippen LogP contribution in [-0.2, 0) is 29.5 Å². The van der Waals surface area contributed by atoms with Crippen molar-refractivity contribution in [3.63, 3.8) is 0 Å². The second kappa shape index (κ2) is 14.3. The average Bonchev–Trinajstić information content (AvgIpc) is 3.11. The highest BCUT2D eigenvalue weighted by Gasteiger charge is 2.47. The van der Waals surface area contributed by atoms with E-state index in [1.54, 1.807) is 6.07 Å². The molecule has 2 bridgehead atoms. The highest BCUT2D eigenvalue weighted by Crippen LogP contribution is 2.47. The maximum Gasteiger partial charge on any atom is 0.179 e. The van der Waals surface area contributed by atoms with Gasteiger partial charge in [-0.15, -0.1) is 0 Å². The van der Waals surface area contributed by atoms with Gasteiger partial charge in [0.05, 0.1) is 36.4 Å². The summed E-state index contributed by atoms with van der Waals surface area (Å²) in [5, 5.41) is 15.2. The van der Waals surface area contributed by atoms with E-state index in [2.05, 4.69) is 41.4 Å². The number of quaternary nitrogens is 1. The van der Waals surface area contributed by atoms with Gasteiger partial charge < -0.3 is 32.1 Å². The van der Waals surface area contributed by atoms with Crippen LogP contribution in [0.5, 0.6) is 5.75 Å². The minimum absolute atomic E-state index is 0. The van der Waals surface area contributed by atoms with Crippen LogP contribution in [0.15, 0.2) is 71.6 Å². The maximum atomic E-state index is 13.7. The monoisotopic (exact) mass is 667 g/mol. The van der Waals surface area contributed by atoms with E-state index in [0.29, 0.717) is 30.0 Å². The summed E-state index contributed by atoms with van der Waals surface area (Å²) in [4.78, 5) is 2.92. The molecule has 250 valence electrons. The zero-order chi connectivity index (χ0) is 31.7. The van der Waals surface area contributed by atoms with Crippen LogP contribution in [0, 0.1) is 5.41 Å². The lowest BCUT2D eigenvalue weighted by molar-refractivity contribution is -0.953. The lowest BCUT2D eigenvalue weighted by Crippen LogP contribution is -3.00. The molecule has 1 unspecified atom stereocenters. The molecule has 0 radical (unpaired) electrons. The van der Waals surface area contributed by atoms with Crippen molar-refractivity contribution >= 4 is 9.84 Å². The fraction of sp³-hybridized carbons (Fsp3) is 0.514. The predicted molar refractivity (Wildman–Crippen MR) is 179 cm³/mol. The number of benzene rings is 3. The first-order valence-corrected chi connectivity index (χ1v) is 18.4. The van der Waals surface area contributed by atoms with Gasteiger partial charge >= 0.3 is 0 Å². The summed E-state index contributed by atoms with van der Waals surface area (Å²) in [6.45, 7) is 13.7. The predicted octanol–water partition coefficient (Wildman–Crippen LogP) is 2.11. The zero-order valence-electron chi connectivity index (χ0n) is 27.6. The lowest BCUT2D eigenvalue weighted by Gasteiger charge is -2.50. The van der Waals surface area contributed by atoms with E-state index in [1.807, 2.05) is 50.4 Å². The molecule has 0 spiro atoms. The van der Waals surface area contributed by atoms with Gasteiger partial charge in [-0.1, -0.05) is 75.2 Å². The van der Waals surface area contributed by atoms with Gasteiger partial charge in [0, 0.05) is 43.1 Å². The van der Waals surface area contributed by atoms with Crippen molar-refractivity contribution in [3.8, 4) is 5.75 Å². The minimum Gasteiger partial charge on any atom is -1.00 e. The van der Waals surface area contributed by atoms with E-state index in [4.69, 9.17) is 4.74 Å². The molecule has 3 aromatic rings. The van der Waals surface area contributed by atoms with Crippen LogP contribution in [0.3, 0.4) is 0 Å². The molecule has 7 nitrogen and oxygen atoms in total. The fourth-order valence-electron chi connectivity index (χ4n) is 7.81. The van der Waals surface area contributed by atoms with Gasteiger partial charge in [-0.25, -0.2) is 8.42 Å². The van der Waals surface area contributed by atoms with Gasteiger partial charge in [0.1, 0.15) is 18.9 Å². The molecular weight excluding hydrogens is 618 g/mol. The van der Waals surface area contributed by atoms with Crippen LogP contribution < -0.4 is 22.5 Å². The second-order valence-corrected chi connectivity index (χ2v) is 16.0. The molecule has 7 rings (SSSR count). The number of halogens is 1. The number of nitrogens with zero attached hydrogens (tertiary/aromatic N) is 2. The van der Waals surface area contributed by atoms with Gasteiger partial charge in [-0.2, -0.15) is 0 Å². The Morgan fingerprint density at radius 1 is 0.957 bits per heavy atom. The van der Waals surface area contributed by atoms with Crippen LogP contribution in [0.25, 0.3) is 0 Å². The quantitative estimate of drug-likeness (QED) is 0.305. The smallest absolute Gasteiger partial charge is 0.179 e. The average molecular weight is 668 g/mol. The first kappa shape index (κ1) is 34.9. The molecule has 3 fully saturated rings. The van der Waals surface area contributed by atoms with Gasteiger partial charge in [0.15, 0.2) is 9.84 Å². The number of fused-ring (bicyclic) bond motifs is 4. The third kappa shape index (κ3) is 7.33. The van der Waals surface area contributed by atoms with Crippen molar-refractivity contribution in [2.45, 2.75) is 69.7 Å². The molecule has 9 heteroatoms. The van der Waals surface area contributed by atoms with Crippen LogP contribution in [0.4, 0.5) is 0 Å². The first-order chi connectivity index (χ1) is 21.6. The molecule has 2 N–H and O–H groups in total. The SMILES string of the molecule is CCCCC1(C)CS(=O)(=O)c2ccc(CNC)cc2[C@@H](c2ccc(OCc3ccc(C[N+]45CCN(CC4)CC5)cc3)cc2)[C@H]1O.[Cl-]. The van der Waals surface area contributed by atoms with E-state index in [-0.39, 0.29) is 18.2 Å². The number of piperazine rings is 3. The lowest BCUT2D eigenvalue weighted by atomic mass is 9.71. The Hall–Kier alpha value is -2.46. The highest BCUT2D eigenvalue weighted by atomic mass is 35.5. The summed E-state index contributed by atoms with van der Waals surface area (Å²) in [6.07, 6.45) is 1.61. The van der Waals surface area contributed by atoms with Crippen molar-refractivity contribution in [2.75, 3.05) is 52.1 Å². The highest BCUT2D eigenvalue weighted by molar-refractivity contribution is 7.91. The van der Waals surface area contributed by atoms with Crippen LogP contribution >= 0.6 is 0 Å². The summed E-state index contributed by atoms with van der Waals surface area (Å²) in [5.74, 6) is 0.224. The number of aliphatic hydroxyl groups excluding tert-OH is 1. The molecule has 46 heavy (non-hydrogen) atoms. The molecule has 0 saturated carbocycles. The third-order valence-electron chi connectivity index (χ3n) is 10.6. The van der Waals surface area contributed by atoms with Crippen molar-refractivity contribution in [2.24, 2.45) is 5.41 Å². The maximum absolute atomic E-state index is 13.7. The molecule has 4 aliphatic rings. The van der Waals surface area contributed by atoms with E-state index >= 15 is 0 Å². The fourth-order valence-corrected chi connectivity index (χ4v) is 9.96. The molecule has 0 amide bonds. The van der Waals surface area contributed by atoms with Crippen LogP contribution in [0.1, 0.15) is 66.8 Å². The number of hydrogen-bond acceptors (Lipinski definition) is 6. The Labute approximate surface area is 281 Å². The molecule has 4 heterocycles. The number of sulfone groups is 1. The largest absolute Gasteiger partial charge is 1.00 e. The standard InChI is InChI=1S/C37H50N3O4S.ClH/c1-4-5-16-37(2)27-45(42,43)34-15-10-30(24-38-3)23-33(34)35(36(37)41)31-11-13-32(14-12-31)44-26-29-8-6-28(7-9-29)25-40-20-17-39(18-21-40)19-22-40;/h6-15,23,35-36,38,41H,4-5,16-22,24-27H2,1-3H3;1H/q+1;/p-1/t35-,36-,37?;/m1./s1. The number of aliphatic hydroxyl groups is 1. The van der Waals surface area contributed by atoms with Crippen molar-refractivity contribution in [1.82, 2.24) is 10.2 Å².